The third-order valence-corrected chi connectivity index (χ3v) is 4.53. The molecule has 5 heteroatoms. The number of nitrogens with one attached hydrogen (secondary N) is 2. The van der Waals surface area contributed by atoms with Crippen LogP contribution in [0, 0.1) is 0 Å². The van der Waals surface area contributed by atoms with Gasteiger partial charge in [0.1, 0.15) is 11.6 Å². The van der Waals surface area contributed by atoms with E-state index in [0.717, 1.165) is 17.0 Å². The highest BCUT2D eigenvalue weighted by molar-refractivity contribution is 6.07. The summed E-state index contributed by atoms with van der Waals surface area (Å²) < 4.78 is 5.38. The van der Waals surface area contributed by atoms with Gasteiger partial charge in [0.25, 0.3) is 5.91 Å². The van der Waals surface area contributed by atoms with Crippen molar-refractivity contribution in [2.75, 3.05) is 17.7 Å². The molecule has 2 aromatic carbocycles. The lowest BCUT2D eigenvalue weighted by atomic mass is 10.0. The van der Waals surface area contributed by atoms with Gasteiger partial charge in [0.2, 0.25) is 0 Å². The van der Waals surface area contributed by atoms with Gasteiger partial charge in [0, 0.05) is 24.0 Å². The zero-order chi connectivity index (χ0) is 19.9. The molecule has 0 saturated carbocycles. The molecule has 3 aromatic rings. The van der Waals surface area contributed by atoms with E-state index in [-0.39, 0.29) is 5.91 Å². The monoisotopic (exact) mass is 375 g/mol. The first-order valence-corrected chi connectivity index (χ1v) is 9.30. The molecular weight excluding hydrogens is 350 g/mol. The van der Waals surface area contributed by atoms with Crippen LogP contribution in [0.2, 0.25) is 0 Å². The lowest BCUT2D eigenvalue weighted by molar-refractivity contribution is 0.102. The number of methoxy groups -OCH3 is 1. The average Bonchev–Trinajstić information content (AvgIpc) is 2.73. The number of anilines is 2. The molecule has 0 aliphatic carbocycles. The molecule has 0 aliphatic rings. The van der Waals surface area contributed by atoms with E-state index in [1.807, 2.05) is 48.5 Å². The number of amides is 1. The van der Waals surface area contributed by atoms with Gasteiger partial charge in [-0.15, -0.1) is 0 Å². The molecule has 1 aromatic heterocycles. The first kappa shape index (κ1) is 19.4. The van der Waals surface area contributed by atoms with Crippen molar-refractivity contribution in [3.05, 3.63) is 83.6 Å². The Morgan fingerprint density at radius 1 is 1.04 bits per heavy atom. The molecule has 3 rings (SSSR count). The summed E-state index contributed by atoms with van der Waals surface area (Å²) in [5.74, 6) is 1.58. The lowest BCUT2D eigenvalue weighted by Gasteiger charge is -2.13. The number of benzene rings is 2. The van der Waals surface area contributed by atoms with Crippen molar-refractivity contribution in [3.8, 4) is 5.75 Å². The molecule has 1 heterocycles. The minimum Gasteiger partial charge on any atom is -0.496 e. The molecule has 5 nitrogen and oxygen atoms in total. The van der Waals surface area contributed by atoms with Crippen molar-refractivity contribution >= 4 is 17.4 Å². The van der Waals surface area contributed by atoms with E-state index in [9.17, 15) is 4.79 Å². The summed E-state index contributed by atoms with van der Waals surface area (Å²) in [5.41, 5.74) is 3.48. The highest BCUT2D eigenvalue weighted by atomic mass is 16.5. The van der Waals surface area contributed by atoms with Crippen LogP contribution in [0.25, 0.3) is 0 Å². The smallest absolute Gasteiger partial charge is 0.259 e. The van der Waals surface area contributed by atoms with E-state index < -0.39 is 0 Å². The third kappa shape index (κ3) is 4.68. The Balaban J connectivity index is 1.73. The maximum absolute atomic E-state index is 12.8. The molecule has 0 spiro atoms. The van der Waals surface area contributed by atoms with Gasteiger partial charge < -0.3 is 15.4 Å². The number of hydrogen-bond acceptors (Lipinski definition) is 4. The molecule has 144 valence electrons. The molecule has 0 radical (unpaired) electrons. The van der Waals surface area contributed by atoms with Crippen LogP contribution < -0.4 is 15.4 Å². The van der Waals surface area contributed by atoms with Crippen molar-refractivity contribution in [1.82, 2.24) is 4.98 Å². The van der Waals surface area contributed by atoms with Gasteiger partial charge in [-0.05, 0) is 41.8 Å². The number of carbonyl (C=O) groups excluding carboxylic acids is 1. The lowest BCUT2D eigenvalue weighted by Crippen LogP contribution is -2.16. The number of nitrogens with zero attached hydrogens (tertiary/aromatic N) is 1. The second kappa shape index (κ2) is 9.04. The van der Waals surface area contributed by atoms with E-state index in [1.165, 1.54) is 5.56 Å². The Morgan fingerprint density at radius 3 is 2.50 bits per heavy atom. The molecule has 2 N–H and O–H groups in total. The Hall–Kier alpha value is -3.34. The standard InChI is InChI=1S/C23H25N3O2/c1-16(2)17-10-12-19(13-11-17)26-23(27)20-8-6-14-24-22(20)25-15-18-7-4-5-9-21(18)28-3/h4-14,16H,15H2,1-3H3,(H,24,25)(H,26,27). The van der Waals surface area contributed by atoms with Gasteiger partial charge in [-0.25, -0.2) is 4.98 Å². The van der Waals surface area contributed by atoms with Crippen molar-refractivity contribution in [3.63, 3.8) is 0 Å². The highest BCUT2D eigenvalue weighted by Crippen LogP contribution is 2.21. The quantitative estimate of drug-likeness (QED) is 0.605. The number of carbonyl (C=O) groups is 1. The van der Waals surface area contributed by atoms with Gasteiger partial charge in [0.15, 0.2) is 0 Å². The van der Waals surface area contributed by atoms with Crippen molar-refractivity contribution < 1.29 is 9.53 Å². The Kier molecular flexibility index (Phi) is 6.27. The van der Waals surface area contributed by atoms with Crippen LogP contribution in [0.5, 0.6) is 5.75 Å². The fourth-order valence-electron chi connectivity index (χ4n) is 2.91. The number of rotatable bonds is 7. The van der Waals surface area contributed by atoms with E-state index in [1.54, 1.807) is 25.4 Å². The molecule has 0 atom stereocenters. The number of aromatic nitrogens is 1. The molecule has 1 amide bonds. The Labute approximate surface area is 165 Å². The molecule has 0 aliphatic heterocycles. The summed E-state index contributed by atoms with van der Waals surface area (Å²) in [7, 11) is 1.64. The molecule has 0 unspecified atom stereocenters. The van der Waals surface area contributed by atoms with E-state index in [2.05, 4.69) is 29.5 Å². The fourth-order valence-corrected chi connectivity index (χ4v) is 2.91. The fraction of sp³-hybridized carbons (Fsp3) is 0.217. The van der Waals surface area contributed by atoms with Crippen LogP contribution >= 0.6 is 0 Å². The Bertz CT molecular complexity index is 937. The third-order valence-electron chi connectivity index (χ3n) is 4.53. The summed E-state index contributed by atoms with van der Waals surface area (Å²) in [6.45, 7) is 4.79. The van der Waals surface area contributed by atoms with Gasteiger partial charge in [-0.3, -0.25) is 4.79 Å². The van der Waals surface area contributed by atoms with Crippen LogP contribution in [-0.4, -0.2) is 18.0 Å². The maximum Gasteiger partial charge on any atom is 0.259 e. The number of hydrogen-bond donors (Lipinski definition) is 2. The van der Waals surface area contributed by atoms with E-state index in [4.69, 9.17) is 4.74 Å². The summed E-state index contributed by atoms with van der Waals surface area (Å²) in [5, 5.41) is 6.18. The van der Waals surface area contributed by atoms with Crippen LogP contribution in [0.4, 0.5) is 11.5 Å². The largest absolute Gasteiger partial charge is 0.496 e. The summed E-state index contributed by atoms with van der Waals surface area (Å²) >= 11 is 0. The molecule has 0 fully saturated rings. The SMILES string of the molecule is COc1ccccc1CNc1ncccc1C(=O)Nc1ccc(C(C)C)cc1. The summed E-state index contributed by atoms with van der Waals surface area (Å²) in [6.07, 6.45) is 1.67. The van der Waals surface area contributed by atoms with Gasteiger partial charge in [-0.1, -0.05) is 44.2 Å². The number of para-hydroxylation sites is 1. The first-order valence-electron chi connectivity index (χ1n) is 9.30. The second-order valence-electron chi connectivity index (χ2n) is 6.80. The second-order valence-corrected chi connectivity index (χ2v) is 6.80. The van der Waals surface area contributed by atoms with Crippen LogP contribution in [-0.2, 0) is 6.54 Å². The molecular formula is C23H25N3O2. The van der Waals surface area contributed by atoms with Crippen LogP contribution in [0.3, 0.4) is 0 Å². The first-order chi connectivity index (χ1) is 13.6. The molecule has 28 heavy (non-hydrogen) atoms. The van der Waals surface area contributed by atoms with Crippen molar-refractivity contribution in [2.45, 2.75) is 26.3 Å². The minimum absolute atomic E-state index is 0.201. The predicted octanol–water partition coefficient (Wildman–Crippen LogP) is 5.08. The zero-order valence-corrected chi connectivity index (χ0v) is 16.4. The van der Waals surface area contributed by atoms with Crippen molar-refractivity contribution in [1.29, 1.82) is 0 Å². The predicted molar refractivity (Wildman–Crippen MR) is 113 cm³/mol. The number of pyridine rings is 1. The number of ether oxygens (including phenoxy) is 1. The van der Waals surface area contributed by atoms with Gasteiger partial charge in [-0.2, -0.15) is 0 Å². The average molecular weight is 375 g/mol. The van der Waals surface area contributed by atoms with Crippen LogP contribution in [0.1, 0.15) is 41.3 Å². The maximum atomic E-state index is 12.8. The van der Waals surface area contributed by atoms with Gasteiger partial charge >= 0.3 is 0 Å². The summed E-state index contributed by atoms with van der Waals surface area (Å²) in [4.78, 5) is 17.1. The normalized spacial score (nSPS) is 10.6. The van der Waals surface area contributed by atoms with Crippen molar-refractivity contribution in [2.24, 2.45) is 0 Å². The highest BCUT2D eigenvalue weighted by Gasteiger charge is 2.13. The topological polar surface area (TPSA) is 63.2 Å². The summed E-state index contributed by atoms with van der Waals surface area (Å²) in [6, 6.07) is 19.2. The zero-order valence-electron chi connectivity index (χ0n) is 16.4. The van der Waals surface area contributed by atoms with E-state index in [0.29, 0.717) is 23.8 Å². The molecule has 0 saturated heterocycles. The van der Waals surface area contributed by atoms with Gasteiger partial charge in [0.05, 0.1) is 12.7 Å². The minimum atomic E-state index is -0.201. The Morgan fingerprint density at radius 2 is 1.79 bits per heavy atom. The van der Waals surface area contributed by atoms with E-state index >= 15 is 0 Å². The van der Waals surface area contributed by atoms with Crippen LogP contribution in [0.15, 0.2) is 66.9 Å². The molecule has 0 bridgehead atoms.